The third kappa shape index (κ3) is 2.03. The number of nitrogens with zero attached hydrogens (tertiary/aromatic N) is 2. The van der Waals surface area contributed by atoms with Crippen molar-refractivity contribution in [2.45, 2.75) is 51.6 Å². The van der Waals surface area contributed by atoms with E-state index in [4.69, 9.17) is 0 Å². The molecule has 0 radical (unpaired) electrons. The lowest BCUT2D eigenvalue weighted by Crippen LogP contribution is -2.51. The van der Waals surface area contributed by atoms with Crippen molar-refractivity contribution in [3.8, 4) is 0 Å². The predicted molar refractivity (Wildman–Crippen MR) is 69.6 cm³/mol. The van der Waals surface area contributed by atoms with Crippen molar-refractivity contribution >= 4 is 11.6 Å². The molecule has 2 heterocycles. The number of aryl methyl sites for hydroxylation is 2. The molecule has 1 saturated carbocycles. The summed E-state index contributed by atoms with van der Waals surface area (Å²) in [5.74, 6) is 0.209. The number of hydrogen-bond donors (Lipinski definition) is 2. The summed E-state index contributed by atoms with van der Waals surface area (Å²) in [4.78, 5) is 14.4. The summed E-state index contributed by atoms with van der Waals surface area (Å²) < 4.78 is 0. The van der Waals surface area contributed by atoms with Crippen molar-refractivity contribution in [3.63, 3.8) is 0 Å². The molecule has 2 fully saturated rings. The lowest BCUT2D eigenvalue weighted by Gasteiger charge is -2.33. The molecule has 1 unspecified atom stereocenters. The maximum absolute atomic E-state index is 12.5. The zero-order chi connectivity index (χ0) is 12.7. The maximum atomic E-state index is 12.5. The molecule has 1 saturated heterocycles. The van der Waals surface area contributed by atoms with E-state index in [1.165, 1.54) is 12.8 Å². The lowest BCUT2D eigenvalue weighted by atomic mass is 10.0. The van der Waals surface area contributed by atoms with Crippen LogP contribution in [0.2, 0.25) is 0 Å². The van der Waals surface area contributed by atoms with E-state index < -0.39 is 0 Å². The zero-order valence-electron chi connectivity index (χ0n) is 11.0. The van der Waals surface area contributed by atoms with Crippen LogP contribution in [0.3, 0.4) is 0 Å². The Morgan fingerprint density at radius 3 is 2.72 bits per heavy atom. The molecule has 1 aliphatic carbocycles. The lowest BCUT2D eigenvalue weighted by molar-refractivity contribution is -0.121. The van der Waals surface area contributed by atoms with Gasteiger partial charge in [-0.05, 0) is 39.5 Å². The van der Waals surface area contributed by atoms with Crippen LogP contribution in [-0.2, 0) is 4.79 Å². The quantitative estimate of drug-likeness (QED) is 0.847. The first-order valence-electron chi connectivity index (χ1n) is 6.76. The molecule has 2 N–H and O–H groups in total. The molecule has 1 aliphatic heterocycles. The van der Waals surface area contributed by atoms with Crippen LogP contribution < -0.4 is 10.2 Å². The van der Waals surface area contributed by atoms with Crippen molar-refractivity contribution in [3.05, 3.63) is 11.4 Å². The Balaban J connectivity index is 1.81. The van der Waals surface area contributed by atoms with Crippen LogP contribution in [-0.4, -0.2) is 34.7 Å². The maximum Gasteiger partial charge on any atom is 0.244 e. The smallest absolute Gasteiger partial charge is 0.244 e. The van der Waals surface area contributed by atoms with Crippen LogP contribution in [0.25, 0.3) is 0 Å². The van der Waals surface area contributed by atoms with Gasteiger partial charge in [-0.15, -0.1) is 0 Å². The summed E-state index contributed by atoms with van der Waals surface area (Å²) in [6, 6.07) is 0.574. The minimum absolute atomic E-state index is 0.0000463. The van der Waals surface area contributed by atoms with Crippen molar-refractivity contribution in [2.75, 3.05) is 11.4 Å². The molecule has 3 rings (SSSR count). The van der Waals surface area contributed by atoms with Gasteiger partial charge in [0.25, 0.3) is 0 Å². The normalized spacial score (nSPS) is 24.7. The van der Waals surface area contributed by atoms with Crippen LogP contribution in [0.15, 0.2) is 0 Å². The molecular formula is C13H20N4O. The number of carbonyl (C=O) groups excluding carboxylic acids is 1. The van der Waals surface area contributed by atoms with Gasteiger partial charge >= 0.3 is 0 Å². The highest BCUT2D eigenvalue weighted by atomic mass is 16.2. The fourth-order valence-corrected chi connectivity index (χ4v) is 2.73. The summed E-state index contributed by atoms with van der Waals surface area (Å²) in [5, 5.41) is 10.6. The van der Waals surface area contributed by atoms with Gasteiger partial charge < -0.3 is 10.2 Å². The molecular weight excluding hydrogens is 228 g/mol. The summed E-state index contributed by atoms with van der Waals surface area (Å²) in [6.45, 7) is 4.73. The van der Waals surface area contributed by atoms with Crippen LogP contribution in [0, 0.1) is 13.8 Å². The van der Waals surface area contributed by atoms with Gasteiger partial charge in [-0.2, -0.15) is 5.10 Å². The number of H-pyrrole nitrogens is 1. The molecule has 5 heteroatoms. The average molecular weight is 248 g/mol. The van der Waals surface area contributed by atoms with Gasteiger partial charge in [0, 0.05) is 12.6 Å². The monoisotopic (exact) mass is 248 g/mol. The van der Waals surface area contributed by atoms with Crippen LogP contribution >= 0.6 is 0 Å². The summed E-state index contributed by atoms with van der Waals surface area (Å²) in [7, 11) is 0. The number of carbonyl (C=O) groups is 1. The van der Waals surface area contributed by atoms with Crippen molar-refractivity contribution in [2.24, 2.45) is 0 Å². The first-order chi connectivity index (χ1) is 8.66. The van der Waals surface area contributed by atoms with Crippen LogP contribution in [0.1, 0.15) is 37.1 Å². The third-order valence-corrected chi connectivity index (χ3v) is 3.81. The molecule has 18 heavy (non-hydrogen) atoms. The Labute approximate surface area is 107 Å². The second kappa shape index (κ2) is 4.39. The molecule has 0 spiro atoms. The second-order valence-electron chi connectivity index (χ2n) is 5.41. The molecule has 1 aromatic rings. The third-order valence-electron chi connectivity index (χ3n) is 3.81. The molecule has 0 bridgehead atoms. The molecule has 1 aromatic heterocycles. The number of amides is 1. The van der Waals surface area contributed by atoms with E-state index in [1.807, 2.05) is 18.7 Å². The Morgan fingerprint density at radius 1 is 1.33 bits per heavy atom. The zero-order valence-corrected chi connectivity index (χ0v) is 11.0. The van der Waals surface area contributed by atoms with E-state index in [1.54, 1.807) is 0 Å². The second-order valence-corrected chi connectivity index (χ2v) is 5.41. The van der Waals surface area contributed by atoms with Crippen molar-refractivity contribution in [1.29, 1.82) is 0 Å². The number of aromatic nitrogens is 2. The highest BCUT2D eigenvalue weighted by molar-refractivity contribution is 5.98. The minimum Gasteiger partial charge on any atom is -0.308 e. The van der Waals surface area contributed by atoms with E-state index in [2.05, 4.69) is 15.5 Å². The fraction of sp³-hybridized carbons (Fsp3) is 0.692. The van der Waals surface area contributed by atoms with Gasteiger partial charge in [0.2, 0.25) is 5.91 Å². The molecule has 2 aliphatic rings. The van der Waals surface area contributed by atoms with E-state index in [0.717, 1.165) is 36.5 Å². The number of anilines is 1. The van der Waals surface area contributed by atoms with Gasteiger partial charge in [-0.3, -0.25) is 9.89 Å². The van der Waals surface area contributed by atoms with Gasteiger partial charge in [0.15, 0.2) is 0 Å². The summed E-state index contributed by atoms with van der Waals surface area (Å²) >= 11 is 0. The van der Waals surface area contributed by atoms with E-state index in [0.29, 0.717) is 6.04 Å². The molecule has 5 nitrogen and oxygen atoms in total. The number of nitrogens with one attached hydrogen (secondary N) is 2. The van der Waals surface area contributed by atoms with Crippen molar-refractivity contribution in [1.82, 2.24) is 15.5 Å². The Morgan fingerprint density at radius 2 is 2.11 bits per heavy atom. The van der Waals surface area contributed by atoms with Gasteiger partial charge in [-0.1, -0.05) is 0 Å². The number of rotatable bonds is 3. The Hall–Kier alpha value is -1.36. The number of aromatic amines is 1. The van der Waals surface area contributed by atoms with E-state index in [9.17, 15) is 4.79 Å². The highest BCUT2D eigenvalue weighted by Gasteiger charge is 2.35. The summed E-state index contributed by atoms with van der Waals surface area (Å²) in [6.07, 6.45) is 4.45. The number of piperidine rings is 1. The number of hydrogen-bond acceptors (Lipinski definition) is 3. The Bertz CT molecular complexity index is 444. The molecule has 1 amide bonds. The van der Waals surface area contributed by atoms with E-state index >= 15 is 0 Å². The van der Waals surface area contributed by atoms with Gasteiger partial charge in [-0.25, -0.2) is 0 Å². The first kappa shape index (κ1) is 11.7. The van der Waals surface area contributed by atoms with Gasteiger partial charge in [0.05, 0.1) is 23.1 Å². The topological polar surface area (TPSA) is 61.0 Å². The Kier molecular flexibility index (Phi) is 2.86. The fourth-order valence-electron chi connectivity index (χ4n) is 2.73. The largest absolute Gasteiger partial charge is 0.308 e. The first-order valence-corrected chi connectivity index (χ1v) is 6.76. The molecule has 0 aromatic carbocycles. The van der Waals surface area contributed by atoms with Gasteiger partial charge in [0.1, 0.15) is 0 Å². The van der Waals surface area contributed by atoms with Crippen LogP contribution in [0.5, 0.6) is 0 Å². The standard InChI is InChI=1S/C13H20N4O/c1-8-12(9(2)16-15-8)17-7-3-4-11(13(17)18)14-10-5-6-10/h10-11,14H,3-7H2,1-2H3,(H,15,16). The molecule has 1 atom stereocenters. The SMILES string of the molecule is Cc1n[nH]c(C)c1N1CCCC(NC2CC2)C1=O. The van der Waals surface area contributed by atoms with E-state index in [-0.39, 0.29) is 11.9 Å². The molecule has 98 valence electrons. The summed E-state index contributed by atoms with van der Waals surface area (Å²) in [5.41, 5.74) is 2.86. The van der Waals surface area contributed by atoms with Crippen LogP contribution in [0.4, 0.5) is 5.69 Å². The van der Waals surface area contributed by atoms with Crippen molar-refractivity contribution < 1.29 is 4.79 Å². The predicted octanol–water partition coefficient (Wildman–Crippen LogP) is 1.27. The average Bonchev–Trinajstić information content (AvgIpc) is 3.10. The minimum atomic E-state index is -0.0000463. The highest BCUT2D eigenvalue weighted by Crippen LogP contribution is 2.28.